The Kier molecular flexibility index (Phi) is 2.83. The lowest BCUT2D eigenvalue weighted by atomic mass is 10.1. The minimum atomic E-state index is -0.756. The molecule has 0 aromatic carbocycles. The van der Waals surface area contributed by atoms with E-state index in [0.717, 1.165) is 10.2 Å². The van der Waals surface area contributed by atoms with Gasteiger partial charge in [0.2, 0.25) is 0 Å². The normalized spacial score (nSPS) is 12.7. The van der Waals surface area contributed by atoms with Crippen LogP contribution in [0.3, 0.4) is 0 Å². The fraction of sp³-hybridized carbons (Fsp3) is 0.200. The van der Waals surface area contributed by atoms with Crippen LogP contribution in [0.5, 0.6) is 0 Å². The molecule has 0 radical (unpaired) electrons. The highest BCUT2D eigenvalue weighted by molar-refractivity contribution is 9.10. The highest BCUT2D eigenvalue weighted by atomic mass is 79.9. The Labute approximate surface area is 95.7 Å². The number of nitrogens with zero attached hydrogens (tertiary/aromatic N) is 3. The van der Waals surface area contributed by atoms with Crippen molar-refractivity contribution in [3.8, 4) is 0 Å². The number of aromatic nitrogens is 3. The van der Waals surface area contributed by atoms with Gasteiger partial charge in [0, 0.05) is 23.9 Å². The highest BCUT2D eigenvalue weighted by Gasteiger charge is 2.17. The second kappa shape index (κ2) is 4.12. The molecule has 15 heavy (non-hydrogen) atoms. The lowest BCUT2D eigenvalue weighted by Crippen LogP contribution is -2.08. The number of aliphatic hydroxyl groups is 1. The largest absolute Gasteiger partial charge is 0.380 e. The lowest BCUT2D eigenvalue weighted by Gasteiger charge is -2.11. The average molecular weight is 268 g/mol. The maximum atomic E-state index is 10.1. The van der Waals surface area contributed by atoms with E-state index < -0.39 is 6.10 Å². The molecule has 0 aliphatic rings. The van der Waals surface area contributed by atoms with Gasteiger partial charge in [0.25, 0.3) is 0 Å². The first-order valence-electron chi connectivity index (χ1n) is 4.46. The Morgan fingerprint density at radius 1 is 1.40 bits per heavy atom. The predicted molar refractivity (Wildman–Crippen MR) is 59.2 cm³/mol. The highest BCUT2D eigenvalue weighted by Crippen LogP contribution is 2.25. The van der Waals surface area contributed by atoms with Gasteiger partial charge < -0.3 is 5.11 Å². The van der Waals surface area contributed by atoms with Crippen molar-refractivity contribution in [3.63, 3.8) is 0 Å². The van der Waals surface area contributed by atoms with Gasteiger partial charge in [-0.15, -0.1) is 0 Å². The Morgan fingerprint density at radius 2 is 2.20 bits per heavy atom. The number of pyridine rings is 1. The van der Waals surface area contributed by atoms with Gasteiger partial charge in [-0.1, -0.05) is 0 Å². The zero-order valence-electron chi connectivity index (χ0n) is 8.13. The van der Waals surface area contributed by atoms with E-state index in [0.29, 0.717) is 5.69 Å². The molecule has 0 saturated carbocycles. The van der Waals surface area contributed by atoms with Crippen molar-refractivity contribution in [2.75, 3.05) is 0 Å². The number of rotatable bonds is 2. The van der Waals surface area contributed by atoms with Gasteiger partial charge >= 0.3 is 0 Å². The molecule has 0 fully saturated rings. The Morgan fingerprint density at radius 3 is 2.80 bits per heavy atom. The molecule has 1 N–H and O–H groups in total. The molecule has 78 valence electrons. The zero-order chi connectivity index (χ0) is 10.8. The summed E-state index contributed by atoms with van der Waals surface area (Å²) in [5, 5.41) is 14.1. The summed E-state index contributed by atoms with van der Waals surface area (Å²) in [5.74, 6) is 0. The third kappa shape index (κ3) is 1.93. The summed E-state index contributed by atoms with van der Waals surface area (Å²) in [6.45, 7) is 0. The smallest absolute Gasteiger partial charge is 0.139 e. The summed E-state index contributed by atoms with van der Waals surface area (Å²) in [5.41, 5.74) is 1.32. The van der Waals surface area contributed by atoms with Crippen LogP contribution in [0.2, 0.25) is 0 Å². The molecule has 0 bridgehead atoms. The standard InChI is InChI=1S/C10H10BrN3O/c1-14-8(4-6-13-14)10(15)9-7(11)3-2-5-12-9/h2-6,10,15H,1H3. The first-order chi connectivity index (χ1) is 7.20. The average Bonchev–Trinajstić information content (AvgIpc) is 2.64. The van der Waals surface area contributed by atoms with E-state index in [1.807, 2.05) is 12.1 Å². The summed E-state index contributed by atoms with van der Waals surface area (Å²) < 4.78 is 2.42. The quantitative estimate of drug-likeness (QED) is 0.901. The van der Waals surface area contributed by atoms with Crippen LogP contribution in [0.1, 0.15) is 17.5 Å². The van der Waals surface area contributed by atoms with Crippen LogP contribution in [-0.2, 0) is 7.05 Å². The minimum absolute atomic E-state index is 0.598. The molecular weight excluding hydrogens is 258 g/mol. The molecule has 5 heteroatoms. The molecule has 0 amide bonds. The van der Waals surface area contributed by atoms with Gasteiger partial charge in [0.15, 0.2) is 0 Å². The van der Waals surface area contributed by atoms with E-state index >= 15 is 0 Å². The lowest BCUT2D eigenvalue weighted by molar-refractivity contribution is 0.204. The summed E-state index contributed by atoms with van der Waals surface area (Å²) in [7, 11) is 1.79. The van der Waals surface area contributed by atoms with Crippen molar-refractivity contribution in [1.29, 1.82) is 0 Å². The fourth-order valence-electron chi connectivity index (χ4n) is 1.39. The zero-order valence-corrected chi connectivity index (χ0v) is 9.72. The first kappa shape index (κ1) is 10.3. The molecule has 2 rings (SSSR count). The maximum absolute atomic E-state index is 10.1. The molecule has 0 spiro atoms. The van der Waals surface area contributed by atoms with Crippen molar-refractivity contribution in [2.45, 2.75) is 6.10 Å². The minimum Gasteiger partial charge on any atom is -0.380 e. The van der Waals surface area contributed by atoms with Crippen LogP contribution in [-0.4, -0.2) is 19.9 Å². The van der Waals surface area contributed by atoms with E-state index in [2.05, 4.69) is 26.0 Å². The van der Waals surface area contributed by atoms with Gasteiger partial charge in [-0.05, 0) is 34.1 Å². The van der Waals surface area contributed by atoms with Crippen LogP contribution < -0.4 is 0 Å². The van der Waals surface area contributed by atoms with E-state index in [1.54, 1.807) is 30.2 Å². The van der Waals surface area contributed by atoms with Crippen molar-refractivity contribution < 1.29 is 5.11 Å². The monoisotopic (exact) mass is 267 g/mol. The van der Waals surface area contributed by atoms with Gasteiger partial charge in [-0.2, -0.15) is 5.10 Å². The molecule has 1 unspecified atom stereocenters. The van der Waals surface area contributed by atoms with Gasteiger partial charge in [-0.3, -0.25) is 9.67 Å². The molecule has 0 aliphatic heterocycles. The van der Waals surface area contributed by atoms with Crippen LogP contribution in [0.15, 0.2) is 35.1 Å². The first-order valence-corrected chi connectivity index (χ1v) is 5.26. The molecular formula is C10H10BrN3O. The summed E-state index contributed by atoms with van der Waals surface area (Å²) in [6, 6.07) is 5.43. The topological polar surface area (TPSA) is 50.9 Å². The Hall–Kier alpha value is -1.20. The Bertz CT molecular complexity index is 469. The second-order valence-corrected chi connectivity index (χ2v) is 4.01. The predicted octanol–water partition coefficient (Wildman–Crippen LogP) is 1.66. The van der Waals surface area contributed by atoms with Crippen molar-refractivity contribution in [1.82, 2.24) is 14.8 Å². The second-order valence-electron chi connectivity index (χ2n) is 3.15. The van der Waals surface area contributed by atoms with Crippen LogP contribution in [0.4, 0.5) is 0 Å². The SMILES string of the molecule is Cn1nccc1C(O)c1ncccc1Br. The van der Waals surface area contributed by atoms with Crippen LogP contribution in [0.25, 0.3) is 0 Å². The molecule has 0 aliphatic carbocycles. The number of hydrogen-bond donors (Lipinski definition) is 1. The summed E-state index contributed by atoms with van der Waals surface area (Å²) >= 11 is 3.35. The molecule has 1 atom stereocenters. The van der Waals surface area contributed by atoms with Gasteiger partial charge in [0.1, 0.15) is 6.10 Å². The van der Waals surface area contributed by atoms with Crippen LogP contribution >= 0.6 is 15.9 Å². The van der Waals surface area contributed by atoms with Crippen molar-refractivity contribution in [3.05, 3.63) is 46.5 Å². The summed E-state index contributed by atoms with van der Waals surface area (Å²) in [4.78, 5) is 4.14. The molecule has 2 aromatic heterocycles. The number of hydrogen-bond acceptors (Lipinski definition) is 3. The van der Waals surface area contributed by atoms with E-state index in [9.17, 15) is 5.11 Å². The molecule has 4 nitrogen and oxygen atoms in total. The fourth-order valence-corrected chi connectivity index (χ4v) is 1.86. The number of aliphatic hydroxyl groups excluding tert-OH is 1. The van der Waals surface area contributed by atoms with Crippen molar-refractivity contribution in [2.24, 2.45) is 7.05 Å². The van der Waals surface area contributed by atoms with Gasteiger partial charge in [-0.25, -0.2) is 0 Å². The molecule has 0 saturated heterocycles. The molecule has 2 heterocycles. The maximum Gasteiger partial charge on any atom is 0.139 e. The third-order valence-electron chi connectivity index (χ3n) is 2.18. The number of halogens is 1. The Balaban J connectivity index is 2.41. The van der Waals surface area contributed by atoms with E-state index in [4.69, 9.17) is 0 Å². The summed E-state index contributed by atoms with van der Waals surface area (Å²) in [6.07, 6.45) is 2.54. The van der Waals surface area contributed by atoms with E-state index in [-0.39, 0.29) is 0 Å². The van der Waals surface area contributed by atoms with Crippen molar-refractivity contribution >= 4 is 15.9 Å². The number of aryl methyl sites for hydroxylation is 1. The van der Waals surface area contributed by atoms with Crippen LogP contribution in [0, 0.1) is 0 Å². The van der Waals surface area contributed by atoms with Gasteiger partial charge in [0.05, 0.1) is 11.4 Å². The van der Waals surface area contributed by atoms with E-state index in [1.165, 1.54) is 0 Å². The third-order valence-corrected chi connectivity index (χ3v) is 2.86. The molecule has 2 aromatic rings.